The number of carbonyl (C=O) groups is 1. The third-order valence-electron chi connectivity index (χ3n) is 2.75. The van der Waals surface area contributed by atoms with E-state index in [1.54, 1.807) is 36.4 Å². The van der Waals surface area contributed by atoms with Crippen LogP contribution >= 0.6 is 0 Å². The Labute approximate surface area is 127 Å². The number of hydrogen-bond donors (Lipinski definition) is 2. The van der Waals surface area contributed by atoms with Crippen LogP contribution < -0.4 is 10.1 Å². The minimum atomic E-state index is -0.546. The maximum atomic E-state index is 11.1. The zero-order valence-corrected chi connectivity index (χ0v) is 12.1. The summed E-state index contributed by atoms with van der Waals surface area (Å²) in [5, 5.41) is 20.2. The first-order valence-electron chi connectivity index (χ1n) is 6.36. The number of rotatable bonds is 4. The molecule has 0 aromatic heterocycles. The summed E-state index contributed by atoms with van der Waals surface area (Å²) < 4.78 is 9.55. The summed E-state index contributed by atoms with van der Waals surface area (Å²) in [4.78, 5) is 11.1. The van der Waals surface area contributed by atoms with E-state index in [4.69, 9.17) is 4.74 Å². The number of ether oxygens (including phenoxy) is 2. The van der Waals surface area contributed by atoms with Gasteiger partial charge in [-0.25, -0.2) is 4.79 Å². The Morgan fingerprint density at radius 1 is 1.09 bits per heavy atom. The molecule has 0 heterocycles. The highest BCUT2D eigenvalue weighted by atomic mass is 16.5. The van der Waals surface area contributed by atoms with Gasteiger partial charge in [0, 0.05) is 11.8 Å². The number of benzene rings is 2. The molecule has 114 valence electrons. The molecule has 0 unspecified atom stereocenters. The van der Waals surface area contributed by atoms with Crippen molar-refractivity contribution in [2.45, 2.75) is 0 Å². The predicted molar refractivity (Wildman–Crippen MR) is 81.3 cm³/mol. The fraction of sp³-hybridized carbons (Fsp3) is 0.133. The van der Waals surface area contributed by atoms with E-state index in [-0.39, 0.29) is 5.75 Å². The highest BCUT2D eigenvalue weighted by Crippen LogP contribution is 2.31. The molecular formula is C15H15N3O4. The first kappa shape index (κ1) is 15.3. The van der Waals surface area contributed by atoms with Crippen LogP contribution in [-0.4, -0.2) is 25.4 Å². The van der Waals surface area contributed by atoms with Crippen molar-refractivity contribution < 1.29 is 19.4 Å². The lowest BCUT2D eigenvalue weighted by Gasteiger charge is -2.03. The normalized spacial score (nSPS) is 10.5. The van der Waals surface area contributed by atoms with Crippen LogP contribution in [-0.2, 0) is 4.74 Å². The molecule has 0 bridgehead atoms. The van der Waals surface area contributed by atoms with E-state index >= 15 is 0 Å². The van der Waals surface area contributed by atoms with Gasteiger partial charge >= 0.3 is 6.09 Å². The van der Waals surface area contributed by atoms with Crippen molar-refractivity contribution in [3.8, 4) is 11.5 Å². The van der Waals surface area contributed by atoms with Gasteiger partial charge in [-0.05, 0) is 36.4 Å². The second-order valence-corrected chi connectivity index (χ2v) is 4.22. The Morgan fingerprint density at radius 3 is 2.45 bits per heavy atom. The number of methoxy groups -OCH3 is 2. The fourth-order valence-electron chi connectivity index (χ4n) is 1.60. The molecule has 7 heteroatoms. The van der Waals surface area contributed by atoms with Crippen LogP contribution in [0.4, 0.5) is 21.9 Å². The van der Waals surface area contributed by atoms with Crippen molar-refractivity contribution in [1.82, 2.24) is 0 Å². The van der Waals surface area contributed by atoms with E-state index in [0.717, 1.165) is 0 Å². The van der Waals surface area contributed by atoms with Crippen LogP contribution in [0.25, 0.3) is 0 Å². The fourth-order valence-corrected chi connectivity index (χ4v) is 1.60. The molecule has 0 radical (unpaired) electrons. The number of aromatic hydroxyl groups is 1. The SMILES string of the molecule is COC(=O)Nc1ccc(/N=N/c2cc(OC)ccc2O)cc1. The maximum Gasteiger partial charge on any atom is 0.411 e. The monoisotopic (exact) mass is 301 g/mol. The molecule has 0 atom stereocenters. The Hall–Kier alpha value is -3.09. The number of phenolic OH excluding ortho intramolecular Hbond substituents is 1. The van der Waals surface area contributed by atoms with Crippen LogP contribution in [0.15, 0.2) is 52.7 Å². The van der Waals surface area contributed by atoms with Crippen molar-refractivity contribution in [3.63, 3.8) is 0 Å². The van der Waals surface area contributed by atoms with E-state index < -0.39 is 6.09 Å². The van der Waals surface area contributed by atoms with Gasteiger partial charge in [0.25, 0.3) is 0 Å². The predicted octanol–water partition coefficient (Wildman–Crippen LogP) is 3.99. The van der Waals surface area contributed by atoms with Gasteiger partial charge in [0.15, 0.2) is 0 Å². The van der Waals surface area contributed by atoms with Crippen LogP contribution in [0.3, 0.4) is 0 Å². The van der Waals surface area contributed by atoms with Gasteiger partial charge in [-0.1, -0.05) is 0 Å². The van der Waals surface area contributed by atoms with Gasteiger partial charge in [-0.15, -0.1) is 5.11 Å². The number of anilines is 1. The lowest BCUT2D eigenvalue weighted by molar-refractivity contribution is 0.187. The Kier molecular flexibility index (Phi) is 4.92. The smallest absolute Gasteiger partial charge is 0.411 e. The molecule has 22 heavy (non-hydrogen) atoms. The molecule has 0 spiro atoms. The highest BCUT2D eigenvalue weighted by Gasteiger charge is 2.03. The summed E-state index contributed by atoms with van der Waals surface area (Å²) in [5.74, 6) is 0.581. The number of amides is 1. The quantitative estimate of drug-likeness (QED) is 0.835. The van der Waals surface area contributed by atoms with E-state index in [1.165, 1.54) is 20.3 Å². The van der Waals surface area contributed by atoms with E-state index in [9.17, 15) is 9.90 Å². The van der Waals surface area contributed by atoms with Gasteiger partial charge in [0.05, 0.1) is 19.9 Å². The first-order valence-corrected chi connectivity index (χ1v) is 6.36. The van der Waals surface area contributed by atoms with Crippen LogP contribution in [0.2, 0.25) is 0 Å². The van der Waals surface area contributed by atoms with Crippen molar-refractivity contribution >= 4 is 23.2 Å². The molecule has 0 saturated carbocycles. The maximum absolute atomic E-state index is 11.1. The molecule has 0 saturated heterocycles. The molecule has 0 fully saturated rings. The zero-order chi connectivity index (χ0) is 15.9. The minimum Gasteiger partial charge on any atom is -0.506 e. The highest BCUT2D eigenvalue weighted by molar-refractivity contribution is 5.84. The lowest BCUT2D eigenvalue weighted by Crippen LogP contribution is -2.10. The molecular weight excluding hydrogens is 286 g/mol. The molecule has 0 aliphatic rings. The lowest BCUT2D eigenvalue weighted by atomic mass is 10.3. The van der Waals surface area contributed by atoms with Crippen LogP contribution in [0.1, 0.15) is 0 Å². The number of azo groups is 1. The topological polar surface area (TPSA) is 92.5 Å². The summed E-state index contributed by atoms with van der Waals surface area (Å²) in [6, 6.07) is 11.4. The number of phenols is 1. The number of hydrogen-bond acceptors (Lipinski definition) is 6. The van der Waals surface area contributed by atoms with Crippen LogP contribution in [0, 0.1) is 0 Å². The number of nitrogens with zero attached hydrogens (tertiary/aromatic N) is 2. The molecule has 1 amide bonds. The van der Waals surface area contributed by atoms with Gasteiger partial charge in [-0.3, -0.25) is 5.32 Å². The van der Waals surface area contributed by atoms with E-state index in [2.05, 4.69) is 20.3 Å². The number of carbonyl (C=O) groups excluding carboxylic acids is 1. The van der Waals surface area contributed by atoms with Crippen molar-refractivity contribution in [2.75, 3.05) is 19.5 Å². The second-order valence-electron chi connectivity index (χ2n) is 4.22. The van der Waals surface area contributed by atoms with Crippen LogP contribution in [0.5, 0.6) is 11.5 Å². The molecule has 7 nitrogen and oxygen atoms in total. The van der Waals surface area contributed by atoms with Gasteiger partial charge in [-0.2, -0.15) is 5.11 Å². The van der Waals surface area contributed by atoms with Crippen molar-refractivity contribution in [3.05, 3.63) is 42.5 Å². The largest absolute Gasteiger partial charge is 0.506 e. The molecule has 0 aliphatic heterocycles. The molecule has 2 aromatic carbocycles. The Balaban J connectivity index is 2.12. The average Bonchev–Trinajstić information content (AvgIpc) is 2.55. The van der Waals surface area contributed by atoms with Crippen molar-refractivity contribution in [1.29, 1.82) is 0 Å². The van der Waals surface area contributed by atoms with E-state index in [1.807, 2.05) is 0 Å². The number of nitrogens with one attached hydrogen (secondary N) is 1. The van der Waals surface area contributed by atoms with Gasteiger partial charge in [0.1, 0.15) is 17.2 Å². The molecule has 2 aromatic rings. The Bertz CT molecular complexity index is 684. The van der Waals surface area contributed by atoms with E-state index in [0.29, 0.717) is 22.8 Å². The summed E-state index contributed by atoms with van der Waals surface area (Å²) in [6.07, 6.45) is -0.546. The molecule has 2 N–H and O–H groups in total. The molecule has 2 rings (SSSR count). The summed E-state index contributed by atoms with van der Waals surface area (Å²) in [5.41, 5.74) is 1.45. The zero-order valence-electron chi connectivity index (χ0n) is 12.1. The first-order chi connectivity index (χ1) is 10.6. The average molecular weight is 301 g/mol. The van der Waals surface area contributed by atoms with Gasteiger partial charge in [0.2, 0.25) is 0 Å². The standard InChI is InChI=1S/C15H15N3O4/c1-21-12-7-8-14(19)13(9-12)18-17-11-5-3-10(4-6-11)16-15(20)22-2/h3-9,19H,1-2H3,(H,16,20)/b18-17+. The molecule has 0 aliphatic carbocycles. The third-order valence-corrected chi connectivity index (χ3v) is 2.75. The Morgan fingerprint density at radius 2 is 1.82 bits per heavy atom. The van der Waals surface area contributed by atoms with Crippen molar-refractivity contribution in [2.24, 2.45) is 10.2 Å². The summed E-state index contributed by atoms with van der Waals surface area (Å²) in [6.45, 7) is 0. The minimum absolute atomic E-state index is 0.00790. The summed E-state index contributed by atoms with van der Waals surface area (Å²) in [7, 11) is 2.82. The third kappa shape index (κ3) is 3.95. The summed E-state index contributed by atoms with van der Waals surface area (Å²) >= 11 is 0. The second kappa shape index (κ2) is 7.07. The van der Waals surface area contributed by atoms with Gasteiger partial charge < -0.3 is 14.6 Å².